The predicted octanol–water partition coefficient (Wildman–Crippen LogP) is 0.759. The number of amides is 2. The Morgan fingerprint density at radius 1 is 1.17 bits per heavy atom. The molecule has 6 heteroatoms. The number of nitrogens with zero attached hydrogens (tertiary/aromatic N) is 2. The van der Waals surface area contributed by atoms with Crippen molar-refractivity contribution in [2.45, 2.75) is 26.2 Å². The van der Waals surface area contributed by atoms with Crippen LogP contribution >= 0.6 is 0 Å². The average Bonchev–Trinajstić information content (AvgIpc) is 3.22. The molecule has 1 heterocycles. The van der Waals surface area contributed by atoms with E-state index in [-0.39, 0.29) is 35.5 Å². The van der Waals surface area contributed by atoms with Gasteiger partial charge < -0.3 is 10.6 Å². The van der Waals surface area contributed by atoms with Crippen LogP contribution in [0.2, 0.25) is 0 Å². The molecule has 3 aliphatic rings. The van der Waals surface area contributed by atoms with Gasteiger partial charge in [0.25, 0.3) is 0 Å². The highest BCUT2D eigenvalue weighted by Gasteiger charge is 2.58. The number of hydrogen-bond acceptors (Lipinski definition) is 3. The molecule has 2 amide bonds. The maximum absolute atomic E-state index is 12.5. The van der Waals surface area contributed by atoms with Gasteiger partial charge in [-0.3, -0.25) is 19.5 Å². The summed E-state index contributed by atoms with van der Waals surface area (Å²) in [5, 5.41) is 6.40. The molecule has 0 aromatic carbocycles. The van der Waals surface area contributed by atoms with Crippen LogP contribution in [0.1, 0.15) is 26.2 Å². The Morgan fingerprint density at radius 3 is 2.35 bits per heavy atom. The van der Waals surface area contributed by atoms with Gasteiger partial charge in [0, 0.05) is 26.7 Å². The second-order valence-corrected chi connectivity index (χ2v) is 6.61. The molecule has 2 aliphatic carbocycles. The van der Waals surface area contributed by atoms with Crippen molar-refractivity contribution < 1.29 is 9.59 Å². The van der Waals surface area contributed by atoms with Crippen LogP contribution in [0, 0.1) is 23.7 Å². The Labute approximate surface area is 137 Å². The lowest BCUT2D eigenvalue weighted by Gasteiger charge is -2.18. The molecule has 2 N–H and O–H groups in total. The molecule has 126 valence electrons. The first-order chi connectivity index (χ1) is 11.2. The highest BCUT2D eigenvalue weighted by Crippen LogP contribution is 2.52. The molecule has 0 spiro atoms. The topological polar surface area (TPSA) is 73.8 Å². The molecule has 0 radical (unpaired) electrons. The van der Waals surface area contributed by atoms with Crippen molar-refractivity contribution in [2.75, 3.05) is 26.7 Å². The van der Waals surface area contributed by atoms with Gasteiger partial charge in [0.2, 0.25) is 11.8 Å². The van der Waals surface area contributed by atoms with Crippen molar-refractivity contribution in [1.29, 1.82) is 0 Å². The Kier molecular flexibility index (Phi) is 4.68. The number of carbonyl (C=O) groups is 2. The van der Waals surface area contributed by atoms with Gasteiger partial charge in [0.15, 0.2) is 5.96 Å². The molecule has 3 rings (SSSR count). The number of fused-ring (bicyclic) bond motifs is 5. The summed E-state index contributed by atoms with van der Waals surface area (Å²) in [4.78, 5) is 30.7. The molecule has 4 atom stereocenters. The summed E-state index contributed by atoms with van der Waals surface area (Å²) in [6.45, 7) is 3.96. The molecular formula is C17H26N4O2. The molecular weight excluding hydrogens is 292 g/mol. The van der Waals surface area contributed by atoms with Gasteiger partial charge in [0.1, 0.15) is 0 Å². The van der Waals surface area contributed by atoms with Gasteiger partial charge in [-0.25, -0.2) is 0 Å². The fraction of sp³-hybridized carbons (Fsp3) is 0.706. The van der Waals surface area contributed by atoms with Crippen molar-refractivity contribution in [3.8, 4) is 0 Å². The summed E-state index contributed by atoms with van der Waals surface area (Å²) in [6, 6.07) is 0. The van der Waals surface area contributed by atoms with Gasteiger partial charge in [-0.1, -0.05) is 25.5 Å². The van der Waals surface area contributed by atoms with E-state index in [9.17, 15) is 9.59 Å². The second-order valence-electron chi connectivity index (χ2n) is 6.61. The van der Waals surface area contributed by atoms with E-state index >= 15 is 0 Å². The van der Waals surface area contributed by atoms with Crippen molar-refractivity contribution in [3.05, 3.63) is 12.2 Å². The molecule has 1 saturated carbocycles. The lowest BCUT2D eigenvalue weighted by molar-refractivity contribution is -0.140. The SMILES string of the molecule is CCCCNC(=NC)NCCN1C(=O)C2C3C=CC(C3)C2C1=O. The zero-order valence-corrected chi connectivity index (χ0v) is 13.9. The largest absolute Gasteiger partial charge is 0.356 e. The molecule has 0 aromatic rings. The number of nitrogens with one attached hydrogen (secondary N) is 2. The lowest BCUT2D eigenvalue weighted by Crippen LogP contribution is -2.43. The number of aliphatic imine (C=N–C) groups is 1. The van der Waals surface area contributed by atoms with Crippen LogP contribution in [-0.4, -0.2) is 49.4 Å². The summed E-state index contributed by atoms with van der Waals surface area (Å²) in [5.74, 6) is 1.13. The molecule has 1 saturated heterocycles. The summed E-state index contributed by atoms with van der Waals surface area (Å²) >= 11 is 0. The smallest absolute Gasteiger partial charge is 0.233 e. The van der Waals surface area contributed by atoms with Crippen LogP contribution in [0.25, 0.3) is 0 Å². The zero-order chi connectivity index (χ0) is 16.4. The average molecular weight is 318 g/mol. The minimum atomic E-state index is -0.0977. The van der Waals surface area contributed by atoms with Crippen LogP contribution in [0.5, 0.6) is 0 Å². The molecule has 6 nitrogen and oxygen atoms in total. The maximum atomic E-state index is 12.5. The predicted molar refractivity (Wildman–Crippen MR) is 88.7 cm³/mol. The standard InChI is InChI=1S/C17H26N4O2/c1-3-4-7-19-17(18-2)20-8-9-21-15(22)13-11-5-6-12(10-11)14(13)16(21)23/h5-6,11-14H,3-4,7-10H2,1-2H3,(H2,18,19,20). The van der Waals surface area contributed by atoms with Crippen LogP contribution < -0.4 is 10.6 Å². The van der Waals surface area contributed by atoms with Crippen molar-refractivity contribution in [1.82, 2.24) is 15.5 Å². The van der Waals surface area contributed by atoms with E-state index < -0.39 is 0 Å². The number of guanidine groups is 1. The number of hydrogen-bond donors (Lipinski definition) is 2. The minimum Gasteiger partial charge on any atom is -0.356 e. The minimum absolute atomic E-state index is 0.0209. The number of allylic oxidation sites excluding steroid dienone is 2. The molecule has 4 unspecified atom stereocenters. The van der Waals surface area contributed by atoms with Gasteiger partial charge in [-0.15, -0.1) is 0 Å². The van der Waals surface area contributed by atoms with E-state index in [0.29, 0.717) is 13.1 Å². The Balaban J connectivity index is 1.50. The monoisotopic (exact) mass is 318 g/mol. The Morgan fingerprint density at radius 2 is 1.78 bits per heavy atom. The first-order valence-corrected chi connectivity index (χ1v) is 8.65. The number of rotatable bonds is 6. The van der Waals surface area contributed by atoms with Gasteiger partial charge in [-0.2, -0.15) is 0 Å². The maximum Gasteiger partial charge on any atom is 0.233 e. The number of likely N-dealkylation sites (tertiary alicyclic amines) is 1. The van der Waals surface area contributed by atoms with E-state index in [4.69, 9.17) is 0 Å². The van der Waals surface area contributed by atoms with Crippen LogP contribution in [0.15, 0.2) is 17.1 Å². The zero-order valence-electron chi connectivity index (χ0n) is 13.9. The molecule has 2 fully saturated rings. The second kappa shape index (κ2) is 6.72. The van der Waals surface area contributed by atoms with E-state index in [0.717, 1.165) is 31.8 Å². The van der Waals surface area contributed by atoms with E-state index in [1.165, 1.54) is 4.90 Å². The highest BCUT2D eigenvalue weighted by molar-refractivity contribution is 6.06. The van der Waals surface area contributed by atoms with Gasteiger partial charge >= 0.3 is 0 Å². The highest BCUT2D eigenvalue weighted by atomic mass is 16.2. The first kappa shape index (κ1) is 16.0. The van der Waals surface area contributed by atoms with Crippen molar-refractivity contribution >= 4 is 17.8 Å². The van der Waals surface area contributed by atoms with E-state index in [1.54, 1.807) is 7.05 Å². The fourth-order valence-electron chi connectivity index (χ4n) is 4.07. The van der Waals surface area contributed by atoms with E-state index in [1.807, 2.05) is 0 Å². The van der Waals surface area contributed by atoms with Gasteiger partial charge in [0.05, 0.1) is 11.8 Å². The number of carbonyl (C=O) groups excluding carboxylic acids is 2. The van der Waals surface area contributed by atoms with E-state index in [2.05, 4.69) is 34.7 Å². The van der Waals surface area contributed by atoms with Crippen LogP contribution in [0.3, 0.4) is 0 Å². The molecule has 2 bridgehead atoms. The molecule has 1 aliphatic heterocycles. The summed E-state index contributed by atoms with van der Waals surface area (Å²) in [6.07, 6.45) is 7.44. The Bertz CT molecular complexity index is 513. The Hall–Kier alpha value is -1.85. The van der Waals surface area contributed by atoms with Crippen molar-refractivity contribution in [2.24, 2.45) is 28.7 Å². The fourth-order valence-corrected chi connectivity index (χ4v) is 4.07. The lowest BCUT2D eigenvalue weighted by atomic mass is 9.85. The summed E-state index contributed by atoms with van der Waals surface area (Å²) in [7, 11) is 1.72. The van der Waals surface area contributed by atoms with Crippen molar-refractivity contribution in [3.63, 3.8) is 0 Å². The number of imide groups is 1. The molecule has 0 aromatic heterocycles. The third-order valence-corrected chi connectivity index (χ3v) is 5.24. The summed E-state index contributed by atoms with van der Waals surface area (Å²) in [5.41, 5.74) is 0. The van der Waals surface area contributed by atoms with Crippen LogP contribution in [0.4, 0.5) is 0 Å². The third-order valence-electron chi connectivity index (χ3n) is 5.24. The van der Waals surface area contributed by atoms with Crippen LogP contribution in [-0.2, 0) is 9.59 Å². The van der Waals surface area contributed by atoms with Gasteiger partial charge in [-0.05, 0) is 24.7 Å². The number of unbranched alkanes of at least 4 members (excludes halogenated alkanes) is 1. The summed E-state index contributed by atoms with van der Waals surface area (Å²) < 4.78 is 0. The first-order valence-electron chi connectivity index (χ1n) is 8.65. The third kappa shape index (κ3) is 2.86. The quantitative estimate of drug-likeness (QED) is 0.249. The molecule has 23 heavy (non-hydrogen) atoms. The normalized spacial score (nSPS) is 31.9.